The van der Waals surface area contributed by atoms with Crippen LogP contribution in [0, 0.1) is 6.92 Å². The Bertz CT molecular complexity index is 636. The Morgan fingerprint density at radius 1 is 1.53 bits per heavy atom. The molecule has 98 valence electrons. The van der Waals surface area contributed by atoms with Crippen LogP contribution >= 0.6 is 0 Å². The molecule has 1 aliphatic rings. The van der Waals surface area contributed by atoms with E-state index in [1.165, 1.54) is 0 Å². The summed E-state index contributed by atoms with van der Waals surface area (Å²) in [6, 6.07) is 5.20. The highest BCUT2D eigenvalue weighted by atomic mass is 16.5. The van der Waals surface area contributed by atoms with Gasteiger partial charge in [-0.05, 0) is 37.1 Å². The Morgan fingerprint density at radius 3 is 3.05 bits per heavy atom. The smallest absolute Gasteiger partial charge is 0.335 e. The van der Waals surface area contributed by atoms with E-state index in [1.807, 2.05) is 6.07 Å². The monoisotopic (exact) mass is 259 g/mol. The van der Waals surface area contributed by atoms with Gasteiger partial charge in [0, 0.05) is 12.2 Å². The van der Waals surface area contributed by atoms with Gasteiger partial charge in [0.1, 0.15) is 0 Å². The normalized spacial score (nSPS) is 13.6. The minimum Gasteiger partial charge on any atom is -0.478 e. The SMILES string of the molecule is Cc1noc(CN2CCc3cc(C(=O)O)ccc32)n1. The summed E-state index contributed by atoms with van der Waals surface area (Å²) in [5, 5.41) is 12.7. The van der Waals surface area contributed by atoms with E-state index in [0.29, 0.717) is 23.8 Å². The number of hydrogen-bond donors (Lipinski definition) is 1. The number of anilines is 1. The number of nitrogens with zero attached hydrogens (tertiary/aromatic N) is 3. The Balaban J connectivity index is 1.84. The van der Waals surface area contributed by atoms with Crippen molar-refractivity contribution in [2.24, 2.45) is 0 Å². The minimum atomic E-state index is -0.895. The molecule has 0 aliphatic carbocycles. The number of aryl methyl sites for hydroxylation is 1. The van der Waals surface area contributed by atoms with Crippen molar-refractivity contribution in [3.8, 4) is 0 Å². The van der Waals surface area contributed by atoms with E-state index in [-0.39, 0.29) is 0 Å². The zero-order valence-corrected chi connectivity index (χ0v) is 10.5. The van der Waals surface area contributed by atoms with Crippen molar-refractivity contribution in [2.45, 2.75) is 19.9 Å². The molecule has 0 spiro atoms. The number of carboxylic acids is 1. The van der Waals surface area contributed by atoms with Gasteiger partial charge in [0.15, 0.2) is 5.82 Å². The van der Waals surface area contributed by atoms with E-state index in [0.717, 1.165) is 24.2 Å². The third-order valence-corrected chi connectivity index (χ3v) is 3.21. The minimum absolute atomic E-state index is 0.328. The predicted molar refractivity (Wildman–Crippen MR) is 67.2 cm³/mol. The molecule has 0 atom stereocenters. The quantitative estimate of drug-likeness (QED) is 0.902. The summed E-state index contributed by atoms with van der Waals surface area (Å²) >= 11 is 0. The van der Waals surface area contributed by atoms with Gasteiger partial charge in [0.05, 0.1) is 12.1 Å². The van der Waals surface area contributed by atoms with Crippen molar-refractivity contribution in [3.63, 3.8) is 0 Å². The molecule has 1 N–H and O–H groups in total. The van der Waals surface area contributed by atoms with E-state index in [2.05, 4.69) is 15.0 Å². The van der Waals surface area contributed by atoms with E-state index >= 15 is 0 Å². The summed E-state index contributed by atoms with van der Waals surface area (Å²) in [7, 11) is 0. The molecule has 0 radical (unpaired) electrons. The zero-order valence-electron chi connectivity index (χ0n) is 10.5. The maximum absolute atomic E-state index is 10.9. The molecule has 19 heavy (non-hydrogen) atoms. The second-order valence-electron chi connectivity index (χ2n) is 4.56. The molecular formula is C13H13N3O3. The van der Waals surface area contributed by atoms with Crippen LogP contribution in [0.4, 0.5) is 5.69 Å². The van der Waals surface area contributed by atoms with Crippen molar-refractivity contribution in [1.29, 1.82) is 0 Å². The Labute approximate surface area is 109 Å². The fourth-order valence-electron chi connectivity index (χ4n) is 2.33. The van der Waals surface area contributed by atoms with Crippen LogP contribution in [-0.4, -0.2) is 27.8 Å². The van der Waals surface area contributed by atoms with E-state index < -0.39 is 5.97 Å². The van der Waals surface area contributed by atoms with Gasteiger partial charge in [0.2, 0.25) is 5.89 Å². The molecule has 0 bridgehead atoms. The van der Waals surface area contributed by atoms with Crippen LogP contribution < -0.4 is 4.90 Å². The largest absolute Gasteiger partial charge is 0.478 e. The number of hydrogen-bond acceptors (Lipinski definition) is 5. The fraction of sp³-hybridized carbons (Fsp3) is 0.308. The summed E-state index contributed by atoms with van der Waals surface area (Å²) in [5.41, 5.74) is 2.42. The first kappa shape index (κ1) is 11.7. The lowest BCUT2D eigenvalue weighted by Gasteiger charge is -2.16. The predicted octanol–water partition coefficient (Wildman–Crippen LogP) is 1.64. The van der Waals surface area contributed by atoms with Crippen LogP contribution in [0.15, 0.2) is 22.7 Å². The molecule has 1 aliphatic heterocycles. The number of aromatic nitrogens is 2. The van der Waals surface area contributed by atoms with Crippen molar-refractivity contribution in [3.05, 3.63) is 41.0 Å². The third kappa shape index (κ3) is 2.16. The van der Waals surface area contributed by atoms with Gasteiger partial charge >= 0.3 is 5.97 Å². The maximum Gasteiger partial charge on any atom is 0.335 e. The van der Waals surface area contributed by atoms with Gasteiger partial charge in [-0.1, -0.05) is 5.16 Å². The number of carbonyl (C=O) groups is 1. The highest BCUT2D eigenvalue weighted by Gasteiger charge is 2.22. The molecule has 2 heterocycles. The molecule has 6 nitrogen and oxygen atoms in total. The lowest BCUT2D eigenvalue weighted by atomic mass is 10.1. The van der Waals surface area contributed by atoms with Crippen LogP contribution in [0.25, 0.3) is 0 Å². The van der Waals surface area contributed by atoms with E-state index in [9.17, 15) is 4.79 Å². The topological polar surface area (TPSA) is 79.5 Å². The van der Waals surface area contributed by atoms with Crippen LogP contribution in [0.1, 0.15) is 27.6 Å². The fourth-order valence-corrected chi connectivity index (χ4v) is 2.33. The Hall–Kier alpha value is -2.37. The van der Waals surface area contributed by atoms with Gasteiger partial charge in [-0.3, -0.25) is 0 Å². The first-order valence-electron chi connectivity index (χ1n) is 6.04. The highest BCUT2D eigenvalue weighted by Crippen LogP contribution is 2.29. The maximum atomic E-state index is 10.9. The van der Waals surface area contributed by atoms with Gasteiger partial charge in [-0.2, -0.15) is 4.98 Å². The van der Waals surface area contributed by atoms with Crippen LogP contribution in [0.3, 0.4) is 0 Å². The van der Waals surface area contributed by atoms with Gasteiger partial charge in [0.25, 0.3) is 0 Å². The molecule has 3 rings (SSSR count). The summed E-state index contributed by atoms with van der Waals surface area (Å²) in [5.74, 6) is 0.303. The molecule has 0 fully saturated rings. The average Bonchev–Trinajstić information content (AvgIpc) is 2.96. The molecule has 0 amide bonds. The van der Waals surface area contributed by atoms with Gasteiger partial charge in [-0.25, -0.2) is 4.79 Å². The molecule has 0 saturated heterocycles. The van der Waals surface area contributed by atoms with E-state index in [4.69, 9.17) is 9.63 Å². The van der Waals surface area contributed by atoms with E-state index in [1.54, 1.807) is 19.1 Å². The summed E-state index contributed by atoms with van der Waals surface area (Å²) in [4.78, 5) is 17.2. The second kappa shape index (κ2) is 4.38. The van der Waals surface area contributed by atoms with Crippen LogP contribution in [0.5, 0.6) is 0 Å². The summed E-state index contributed by atoms with van der Waals surface area (Å²) in [6.07, 6.45) is 0.837. The lowest BCUT2D eigenvalue weighted by molar-refractivity contribution is 0.0697. The molecule has 1 aromatic carbocycles. The standard InChI is InChI=1S/C13H13N3O3/c1-8-14-12(19-15-8)7-16-5-4-9-6-10(13(17)18)2-3-11(9)16/h2-3,6H,4-5,7H2,1H3,(H,17,18). The first-order valence-corrected chi connectivity index (χ1v) is 6.04. The Morgan fingerprint density at radius 2 is 2.37 bits per heavy atom. The average molecular weight is 259 g/mol. The number of carboxylic acid groups (broad SMARTS) is 1. The molecular weight excluding hydrogens is 246 g/mol. The van der Waals surface area contributed by atoms with Crippen molar-refractivity contribution >= 4 is 11.7 Å². The molecule has 0 unspecified atom stereocenters. The number of benzene rings is 1. The van der Waals surface area contributed by atoms with Crippen molar-refractivity contribution < 1.29 is 14.4 Å². The summed E-state index contributed by atoms with van der Waals surface area (Å²) in [6.45, 7) is 3.17. The first-order chi connectivity index (χ1) is 9.13. The van der Waals surface area contributed by atoms with Crippen molar-refractivity contribution in [1.82, 2.24) is 10.1 Å². The van der Waals surface area contributed by atoms with Gasteiger partial charge in [-0.15, -0.1) is 0 Å². The van der Waals surface area contributed by atoms with Crippen LogP contribution in [-0.2, 0) is 13.0 Å². The van der Waals surface area contributed by atoms with Crippen molar-refractivity contribution in [2.75, 3.05) is 11.4 Å². The summed E-state index contributed by atoms with van der Waals surface area (Å²) < 4.78 is 5.11. The second-order valence-corrected chi connectivity index (χ2v) is 4.56. The molecule has 6 heteroatoms. The number of rotatable bonds is 3. The highest BCUT2D eigenvalue weighted by molar-refractivity contribution is 5.88. The number of aromatic carboxylic acids is 1. The molecule has 2 aromatic rings. The lowest BCUT2D eigenvalue weighted by Crippen LogP contribution is -2.19. The van der Waals surface area contributed by atoms with Crippen LogP contribution in [0.2, 0.25) is 0 Å². The Kier molecular flexibility index (Phi) is 2.70. The van der Waals surface area contributed by atoms with Gasteiger partial charge < -0.3 is 14.5 Å². The third-order valence-electron chi connectivity index (χ3n) is 3.21. The zero-order chi connectivity index (χ0) is 13.4. The molecule has 1 aromatic heterocycles. The number of fused-ring (bicyclic) bond motifs is 1. The molecule has 0 saturated carbocycles.